The van der Waals surface area contributed by atoms with Gasteiger partial charge in [0.05, 0.1) is 11.4 Å². The van der Waals surface area contributed by atoms with Crippen LogP contribution in [0.2, 0.25) is 0 Å². The van der Waals surface area contributed by atoms with Gasteiger partial charge in [-0.05, 0) is 36.8 Å². The quantitative estimate of drug-likeness (QED) is 0.842. The number of carbonyl (C=O) groups is 2. The molecule has 2 aliphatic heterocycles. The van der Waals surface area contributed by atoms with Gasteiger partial charge in [-0.2, -0.15) is 0 Å². The zero-order valence-electron chi connectivity index (χ0n) is 13.8. The Morgan fingerprint density at radius 2 is 2.04 bits per heavy atom. The van der Waals surface area contributed by atoms with Crippen molar-refractivity contribution in [2.24, 2.45) is 0 Å². The fourth-order valence-corrected chi connectivity index (χ4v) is 3.15. The molecule has 2 aliphatic rings. The number of hydrogen-bond acceptors (Lipinski definition) is 5. The maximum Gasteiger partial charge on any atom is 0.231 e. The van der Waals surface area contributed by atoms with E-state index in [1.807, 2.05) is 25.1 Å². The fourth-order valence-electron chi connectivity index (χ4n) is 3.15. The van der Waals surface area contributed by atoms with E-state index in [9.17, 15) is 9.59 Å². The Balaban J connectivity index is 1.62. The summed E-state index contributed by atoms with van der Waals surface area (Å²) in [6.45, 7) is 2.13. The van der Waals surface area contributed by atoms with Gasteiger partial charge in [-0.3, -0.25) is 9.59 Å². The predicted octanol–water partition coefficient (Wildman–Crippen LogP) is 2.98. The van der Waals surface area contributed by atoms with Gasteiger partial charge in [-0.1, -0.05) is 12.1 Å². The second-order valence-corrected chi connectivity index (χ2v) is 6.31. The van der Waals surface area contributed by atoms with E-state index in [1.165, 1.54) is 0 Å². The minimum absolute atomic E-state index is 0.0217. The molecule has 2 aromatic rings. The molecule has 2 N–H and O–H groups in total. The SMILES string of the molecule is CC1CC(=O)Nc2cccc(C(=O)Cc3ccc4c(c3)OCO4)c2N1. The number of carbonyl (C=O) groups excluding carboxylic acids is 2. The van der Waals surface area contributed by atoms with Gasteiger partial charge in [0.15, 0.2) is 17.3 Å². The van der Waals surface area contributed by atoms with E-state index in [4.69, 9.17) is 9.47 Å². The van der Waals surface area contributed by atoms with Gasteiger partial charge in [0.1, 0.15) is 0 Å². The first-order valence-corrected chi connectivity index (χ1v) is 8.21. The number of anilines is 2. The molecule has 1 amide bonds. The number of hydrogen-bond donors (Lipinski definition) is 2. The highest BCUT2D eigenvalue weighted by atomic mass is 16.7. The lowest BCUT2D eigenvalue weighted by molar-refractivity contribution is -0.116. The summed E-state index contributed by atoms with van der Waals surface area (Å²) < 4.78 is 10.7. The normalized spacial score (nSPS) is 18.0. The Morgan fingerprint density at radius 1 is 1.20 bits per heavy atom. The Morgan fingerprint density at radius 3 is 2.92 bits per heavy atom. The van der Waals surface area contributed by atoms with E-state index in [-0.39, 0.29) is 30.9 Å². The second-order valence-electron chi connectivity index (χ2n) is 6.31. The van der Waals surface area contributed by atoms with Gasteiger partial charge in [-0.25, -0.2) is 0 Å². The second kappa shape index (κ2) is 6.12. The van der Waals surface area contributed by atoms with Gasteiger partial charge in [0.2, 0.25) is 12.7 Å². The zero-order valence-corrected chi connectivity index (χ0v) is 13.8. The molecule has 1 atom stereocenters. The van der Waals surface area contributed by atoms with Gasteiger partial charge in [0, 0.05) is 24.4 Å². The molecule has 0 bridgehead atoms. The van der Waals surface area contributed by atoms with Crippen molar-refractivity contribution < 1.29 is 19.1 Å². The number of benzene rings is 2. The summed E-state index contributed by atoms with van der Waals surface area (Å²) in [5.74, 6) is 1.28. The molecule has 6 heteroatoms. The molecule has 0 aromatic heterocycles. The average molecular weight is 338 g/mol. The monoisotopic (exact) mass is 338 g/mol. The van der Waals surface area contributed by atoms with E-state index in [1.54, 1.807) is 18.2 Å². The van der Waals surface area contributed by atoms with Crippen LogP contribution in [0.4, 0.5) is 11.4 Å². The van der Waals surface area contributed by atoms with Gasteiger partial charge in [-0.15, -0.1) is 0 Å². The zero-order chi connectivity index (χ0) is 17.4. The van der Waals surface area contributed by atoms with Crippen LogP contribution in [0.5, 0.6) is 11.5 Å². The van der Waals surface area contributed by atoms with Gasteiger partial charge in [0.25, 0.3) is 0 Å². The molecule has 0 spiro atoms. The van der Waals surface area contributed by atoms with Crippen LogP contribution >= 0.6 is 0 Å². The summed E-state index contributed by atoms with van der Waals surface area (Å²) in [6, 6.07) is 10.8. The first kappa shape index (κ1) is 15.5. The van der Waals surface area contributed by atoms with Crippen molar-refractivity contribution in [2.45, 2.75) is 25.8 Å². The van der Waals surface area contributed by atoms with Crippen LogP contribution in [0.15, 0.2) is 36.4 Å². The number of rotatable bonds is 3. The summed E-state index contributed by atoms with van der Waals surface area (Å²) in [7, 11) is 0. The molecule has 128 valence electrons. The van der Waals surface area contributed by atoms with Crippen molar-refractivity contribution in [3.05, 3.63) is 47.5 Å². The van der Waals surface area contributed by atoms with E-state index < -0.39 is 0 Å². The van der Waals surface area contributed by atoms with Crippen molar-refractivity contribution in [3.8, 4) is 11.5 Å². The molecule has 0 radical (unpaired) electrons. The van der Waals surface area contributed by atoms with Crippen LogP contribution < -0.4 is 20.1 Å². The van der Waals surface area contributed by atoms with E-state index in [0.717, 1.165) is 5.56 Å². The van der Waals surface area contributed by atoms with E-state index in [2.05, 4.69) is 10.6 Å². The lowest BCUT2D eigenvalue weighted by atomic mass is 10.00. The fraction of sp³-hybridized carbons (Fsp3) is 0.263. The van der Waals surface area contributed by atoms with Crippen LogP contribution in [0.3, 0.4) is 0 Å². The van der Waals surface area contributed by atoms with Gasteiger partial charge < -0.3 is 20.1 Å². The van der Waals surface area contributed by atoms with Crippen molar-refractivity contribution in [2.75, 3.05) is 17.4 Å². The smallest absolute Gasteiger partial charge is 0.231 e. The topological polar surface area (TPSA) is 76.7 Å². The van der Waals surface area contributed by atoms with Crippen LogP contribution in [-0.2, 0) is 11.2 Å². The molecule has 0 aliphatic carbocycles. The summed E-state index contributed by atoms with van der Waals surface area (Å²) in [4.78, 5) is 24.7. The maximum atomic E-state index is 12.9. The maximum absolute atomic E-state index is 12.9. The lowest BCUT2D eigenvalue weighted by Gasteiger charge is -2.16. The Kier molecular flexibility index (Phi) is 3.80. The number of Topliss-reactive ketones (excluding diaryl/α,β-unsaturated/α-hetero) is 1. The standard InChI is InChI=1S/C19H18N2O4/c1-11-7-18(23)21-14-4-2-3-13(19(14)20-11)15(22)8-12-5-6-16-17(9-12)25-10-24-16/h2-6,9,11,20H,7-8,10H2,1H3,(H,21,23). The molecule has 2 aromatic carbocycles. The third-order valence-corrected chi connectivity index (χ3v) is 4.32. The number of para-hydroxylation sites is 1. The minimum Gasteiger partial charge on any atom is -0.454 e. The number of nitrogens with one attached hydrogen (secondary N) is 2. The van der Waals surface area contributed by atoms with Gasteiger partial charge >= 0.3 is 0 Å². The van der Waals surface area contributed by atoms with Crippen LogP contribution in [-0.4, -0.2) is 24.5 Å². The van der Waals surface area contributed by atoms with Crippen molar-refractivity contribution >= 4 is 23.1 Å². The molecular formula is C19H18N2O4. The molecule has 2 heterocycles. The highest BCUT2D eigenvalue weighted by Gasteiger charge is 2.23. The van der Waals surface area contributed by atoms with E-state index in [0.29, 0.717) is 34.9 Å². The van der Waals surface area contributed by atoms with Crippen LogP contribution in [0, 0.1) is 0 Å². The summed E-state index contributed by atoms with van der Waals surface area (Å²) in [6.07, 6.45) is 0.613. The molecule has 1 unspecified atom stereocenters. The molecule has 6 nitrogen and oxygen atoms in total. The number of ketones is 1. The Bertz CT molecular complexity index is 862. The lowest BCUT2D eigenvalue weighted by Crippen LogP contribution is -2.19. The summed E-state index contributed by atoms with van der Waals surface area (Å²) in [5, 5.41) is 6.14. The Labute approximate surface area is 145 Å². The number of ether oxygens (including phenoxy) is 2. The third kappa shape index (κ3) is 3.03. The molecule has 0 saturated heterocycles. The highest BCUT2D eigenvalue weighted by molar-refractivity contribution is 6.07. The van der Waals surface area contributed by atoms with Crippen LogP contribution in [0.25, 0.3) is 0 Å². The predicted molar refractivity (Wildman–Crippen MR) is 93.4 cm³/mol. The van der Waals surface area contributed by atoms with Crippen molar-refractivity contribution in [1.82, 2.24) is 0 Å². The van der Waals surface area contributed by atoms with E-state index >= 15 is 0 Å². The largest absolute Gasteiger partial charge is 0.454 e. The minimum atomic E-state index is -0.0564. The first-order valence-electron chi connectivity index (χ1n) is 8.21. The molecule has 0 fully saturated rings. The average Bonchev–Trinajstić information content (AvgIpc) is 2.97. The molecule has 4 rings (SSSR count). The molecule has 0 saturated carbocycles. The Hall–Kier alpha value is -3.02. The molecular weight excluding hydrogens is 320 g/mol. The number of fused-ring (bicyclic) bond motifs is 2. The van der Waals surface area contributed by atoms with Crippen molar-refractivity contribution in [1.29, 1.82) is 0 Å². The highest BCUT2D eigenvalue weighted by Crippen LogP contribution is 2.34. The molecule has 25 heavy (non-hydrogen) atoms. The first-order chi connectivity index (χ1) is 12.1. The third-order valence-electron chi connectivity index (χ3n) is 4.32. The number of amides is 1. The van der Waals surface area contributed by atoms with Crippen LogP contribution in [0.1, 0.15) is 29.3 Å². The summed E-state index contributed by atoms with van der Waals surface area (Å²) >= 11 is 0. The van der Waals surface area contributed by atoms with Crippen molar-refractivity contribution in [3.63, 3.8) is 0 Å². The summed E-state index contributed by atoms with van der Waals surface area (Å²) in [5.41, 5.74) is 2.76.